The van der Waals surface area contributed by atoms with Crippen LogP contribution in [0.25, 0.3) is 0 Å². The van der Waals surface area contributed by atoms with Gasteiger partial charge in [0.05, 0.1) is 0 Å². The maximum atomic E-state index is 5.90. The second-order valence-electron chi connectivity index (χ2n) is 6.72. The molecule has 110 valence electrons. The van der Waals surface area contributed by atoms with Crippen LogP contribution in [-0.2, 0) is 12.8 Å². The van der Waals surface area contributed by atoms with Gasteiger partial charge in [-0.25, -0.2) is 0 Å². The van der Waals surface area contributed by atoms with Crippen molar-refractivity contribution in [3.8, 4) is 0 Å². The molecule has 3 rings (SSSR count). The number of fused-ring (bicyclic) bond motifs is 1. The van der Waals surface area contributed by atoms with Crippen LogP contribution < -0.4 is 11.3 Å². The molecule has 0 spiro atoms. The molecular weight excluding hydrogens is 244 g/mol. The first-order chi connectivity index (χ1) is 9.81. The van der Waals surface area contributed by atoms with E-state index in [-0.39, 0.29) is 0 Å². The molecule has 0 aliphatic heterocycles. The molecule has 0 bridgehead atoms. The van der Waals surface area contributed by atoms with Crippen LogP contribution in [-0.4, -0.2) is 0 Å². The van der Waals surface area contributed by atoms with Crippen molar-refractivity contribution in [2.24, 2.45) is 17.7 Å². The Kier molecular flexibility index (Phi) is 4.42. The van der Waals surface area contributed by atoms with E-state index >= 15 is 0 Å². The Bertz CT molecular complexity index is 447. The van der Waals surface area contributed by atoms with Crippen LogP contribution in [0, 0.1) is 11.8 Å². The highest BCUT2D eigenvalue weighted by atomic mass is 15.2. The lowest BCUT2D eigenvalue weighted by Gasteiger charge is -2.33. The van der Waals surface area contributed by atoms with Crippen LogP contribution in [0.1, 0.15) is 68.2 Å². The fraction of sp³-hybridized carbons (Fsp3) is 0.667. The first-order valence-electron chi connectivity index (χ1n) is 8.39. The summed E-state index contributed by atoms with van der Waals surface area (Å²) in [6.07, 6.45) is 10.6. The third-order valence-electron chi connectivity index (χ3n) is 5.60. The highest BCUT2D eigenvalue weighted by molar-refractivity contribution is 5.36. The normalized spacial score (nSPS) is 27.3. The molecule has 0 aromatic heterocycles. The van der Waals surface area contributed by atoms with Gasteiger partial charge in [0.15, 0.2) is 0 Å². The Labute approximate surface area is 123 Å². The van der Waals surface area contributed by atoms with Gasteiger partial charge in [0.25, 0.3) is 0 Å². The Morgan fingerprint density at radius 3 is 2.60 bits per heavy atom. The van der Waals surface area contributed by atoms with E-state index in [0.29, 0.717) is 12.0 Å². The van der Waals surface area contributed by atoms with Gasteiger partial charge in [-0.3, -0.25) is 11.3 Å². The summed E-state index contributed by atoms with van der Waals surface area (Å²) >= 11 is 0. The van der Waals surface area contributed by atoms with Crippen molar-refractivity contribution >= 4 is 0 Å². The minimum Gasteiger partial charge on any atom is -0.271 e. The molecule has 2 nitrogen and oxygen atoms in total. The maximum Gasteiger partial charge on any atom is 0.0488 e. The summed E-state index contributed by atoms with van der Waals surface area (Å²) in [6.45, 7) is 2.32. The van der Waals surface area contributed by atoms with Crippen LogP contribution in [0.3, 0.4) is 0 Å². The summed E-state index contributed by atoms with van der Waals surface area (Å²) in [5.41, 5.74) is 7.64. The van der Waals surface area contributed by atoms with Crippen molar-refractivity contribution in [1.29, 1.82) is 0 Å². The lowest BCUT2D eigenvalue weighted by molar-refractivity contribution is 0.219. The lowest BCUT2D eigenvalue weighted by Crippen LogP contribution is -2.35. The van der Waals surface area contributed by atoms with Crippen molar-refractivity contribution in [2.75, 3.05) is 0 Å². The molecule has 1 atom stereocenters. The van der Waals surface area contributed by atoms with Gasteiger partial charge in [0.1, 0.15) is 0 Å². The Morgan fingerprint density at radius 1 is 1.15 bits per heavy atom. The number of benzene rings is 1. The molecule has 2 aliphatic rings. The van der Waals surface area contributed by atoms with E-state index in [1.165, 1.54) is 56.9 Å². The number of hydrogen-bond donors (Lipinski definition) is 2. The lowest BCUT2D eigenvalue weighted by atomic mass is 9.76. The van der Waals surface area contributed by atoms with Crippen molar-refractivity contribution in [2.45, 2.75) is 64.3 Å². The van der Waals surface area contributed by atoms with Crippen molar-refractivity contribution in [1.82, 2.24) is 5.43 Å². The van der Waals surface area contributed by atoms with Gasteiger partial charge in [0.2, 0.25) is 0 Å². The zero-order valence-electron chi connectivity index (χ0n) is 12.7. The quantitative estimate of drug-likeness (QED) is 0.644. The predicted molar refractivity (Wildman–Crippen MR) is 84.3 cm³/mol. The van der Waals surface area contributed by atoms with Gasteiger partial charge in [-0.15, -0.1) is 0 Å². The Hall–Kier alpha value is -0.860. The van der Waals surface area contributed by atoms with E-state index in [1.54, 1.807) is 11.1 Å². The monoisotopic (exact) mass is 272 g/mol. The molecule has 0 heterocycles. The van der Waals surface area contributed by atoms with Gasteiger partial charge in [-0.05, 0) is 60.6 Å². The summed E-state index contributed by atoms with van der Waals surface area (Å²) in [4.78, 5) is 0. The van der Waals surface area contributed by atoms with Gasteiger partial charge in [-0.2, -0.15) is 0 Å². The van der Waals surface area contributed by atoms with Gasteiger partial charge >= 0.3 is 0 Å². The molecule has 1 unspecified atom stereocenters. The highest BCUT2D eigenvalue weighted by Crippen LogP contribution is 2.38. The fourth-order valence-corrected chi connectivity index (χ4v) is 4.22. The molecule has 3 N–H and O–H groups in total. The second-order valence-corrected chi connectivity index (χ2v) is 6.72. The van der Waals surface area contributed by atoms with E-state index in [2.05, 4.69) is 30.5 Å². The van der Waals surface area contributed by atoms with Crippen LogP contribution in [0.2, 0.25) is 0 Å². The van der Waals surface area contributed by atoms with Crippen molar-refractivity contribution in [3.63, 3.8) is 0 Å². The summed E-state index contributed by atoms with van der Waals surface area (Å²) in [5.74, 6) is 7.56. The second kappa shape index (κ2) is 6.28. The zero-order chi connectivity index (χ0) is 13.9. The number of hydrazine groups is 1. The van der Waals surface area contributed by atoms with E-state index in [0.717, 1.165) is 5.92 Å². The molecule has 2 heteroatoms. The molecule has 1 saturated carbocycles. The number of nitrogens with two attached hydrogens (primary N) is 1. The third kappa shape index (κ3) is 2.77. The maximum absolute atomic E-state index is 5.90. The van der Waals surface area contributed by atoms with Gasteiger partial charge < -0.3 is 0 Å². The summed E-state index contributed by atoms with van der Waals surface area (Å²) in [5, 5.41) is 0. The molecular formula is C18H28N2. The van der Waals surface area contributed by atoms with Crippen LogP contribution >= 0.6 is 0 Å². The molecule has 2 aliphatic carbocycles. The average Bonchev–Trinajstić information content (AvgIpc) is 2.96. The Morgan fingerprint density at radius 2 is 1.90 bits per heavy atom. The number of rotatable bonds is 4. The molecule has 0 amide bonds. The molecule has 20 heavy (non-hydrogen) atoms. The number of aryl methyl sites for hydroxylation is 2. The molecule has 1 aromatic rings. The van der Waals surface area contributed by atoms with Crippen LogP contribution in [0.15, 0.2) is 18.2 Å². The largest absolute Gasteiger partial charge is 0.271 e. The standard InChI is InChI=1S/C18H28N2/c1-2-13-6-8-15(9-7-13)18(20-19)17-11-10-14-4-3-5-16(14)12-17/h10-13,15,18,20H,2-9,19H2,1H3. The topological polar surface area (TPSA) is 38.0 Å². The van der Waals surface area contributed by atoms with Crippen LogP contribution in [0.4, 0.5) is 0 Å². The van der Waals surface area contributed by atoms with Gasteiger partial charge in [0, 0.05) is 6.04 Å². The third-order valence-corrected chi connectivity index (χ3v) is 5.60. The molecule has 0 saturated heterocycles. The number of hydrogen-bond acceptors (Lipinski definition) is 2. The van der Waals surface area contributed by atoms with E-state index in [9.17, 15) is 0 Å². The van der Waals surface area contributed by atoms with E-state index in [1.807, 2.05) is 0 Å². The SMILES string of the molecule is CCC1CCC(C(NN)c2ccc3c(c2)CCC3)CC1. The van der Waals surface area contributed by atoms with Gasteiger partial charge in [-0.1, -0.05) is 44.4 Å². The minimum absolute atomic E-state index is 0.346. The molecule has 1 aromatic carbocycles. The first kappa shape index (κ1) is 14.1. The summed E-state index contributed by atoms with van der Waals surface area (Å²) in [7, 11) is 0. The van der Waals surface area contributed by atoms with Crippen molar-refractivity contribution in [3.05, 3.63) is 34.9 Å². The smallest absolute Gasteiger partial charge is 0.0488 e. The predicted octanol–water partition coefficient (Wildman–Crippen LogP) is 3.90. The van der Waals surface area contributed by atoms with E-state index < -0.39 is 0 Å². The first-order valence-corrected chi connectivity index (χ1v) is 8.39. The molecule has 0 radical (unpaired) electrons. The fourth-order valence-electron chi connectivity index (χ4n) is 4.22. The highest BCUT2D eigenvalue weighted by Gasteiger charge is 2.28. The van der Waals surface area contributed by atoms with Crippen molar-refractivity contribution < 1.29 is 0 Å². The zero-order valence-corrected chi connectivity index (χ0v) is 12.7. The minimum atomic E-state index is 0.346. The summed E-state index contributed by atoms with van der Waals surface area (Å²) < 4.78 is 0. The number of nitrogens with one attached hydrogen (secondary N) is 1. The summed E-state index contributed by atoms with van der Waals surface area (Å²) in [6, 6.07) is 7.40. The Balaban J connectivity index is 1.73. The average molecular weight is 272 g/mol. The van der Waals surface area contributed by atoms with E-state index in [4.69, 9.17) is 5.84 Å². The van der Waals surface area contributed by atoms with Crippen LogP contribution in [0.5, 0.6) is 0 Å². The molecule has 1 fully saturated rings.